The number of benzene rings is 1. The highest BCUT2D eigenvalue weighted by molar-refractivity contribution is 9.10. The summed E-state index contributed by atoms with van der Waals surface area (Å²) in [4.78, 5) is 4.41. The maximum absolute atomic E-state index is 5.42. The highest BCUT2D eigenvalue weighted by Gasteiger charge is 2.24. The van der Waals surface area contributed by atoms with Crippen molar-refractivity contribution in [3.05, 3.63) is 34.9 Å². The monoisotopic (exact) mass is 320 g/mol. The first kappa shape index (κ1) is 12.9. The molecule has 2 aromatic rings. The Balaban J connectivity index is 1.85. The van der Waals surface area contributed by atoms with Crippen molar-refractivity contribution in [3.8, 4) is 0 Å². The smallest absolute Gasteiger partial charge is 0.0733 e. The lowest BCUT2D eigenvalue weighted by atomic mass is 10.1. The highest BCUT2D eigenvalue weighted by atomic mass is 79.9. The number of pyridine rings is 1. The summed E-state index contributed by atoms with van der Waals surface area (Å²) in [7, 11) is 1.80. The zero-order valence-electron chi connectivity index (χ0n) is 10.9. The fourth-order valence-electron chi connectivity index (χ4n) is 2.75. The van der Waals surface area contributed by atoms with Crippen molar-refractivity contribution < 1.29 is 4.74 Å². The first-order valence-electron chi connectivity index (χ1n) is 6.60. The number of rotatable bonds is 3. The summed E-state index contributed by atoms with van der Waals surface area (Å²) in [6.07, 6.45) is 5.65. The zero-order valence-corrected chi connectivity index (χ0v) is 12.5. The van der Waals surface area contributed by atoms with Crippen LogP contribution in [0, 0.1) is 0 Å². The zero-order chi connectivity index (χ0) is 13.2. The van der Waals surface area contributed by atoms with E-state index >= 15 is 0 Å². The molecule has 1 aromatic heterocycles. The van der Waals surface area contributed by atoms with E-state index in [1.165, 1.54) is 17.5 Å². The van der Waals surface area contributed by atoms with Crippen LogP contribution in [0.2, 0.25) is 0 Å². The molecule has 2 atom stereocenters. The molecule has 1 aliphatic carbocycles. The Morgan fingerprint density at radius 2 is 2.21 bits per heavy atom. The quantitative estimate of drug-likeness (QED) is 0.928. The number of ether oxygens (including phenoxy) is 1. The molecular weight excluding hydrogens is 304 g/mol. The van der Waals surface area contributed by atoms with E-state index in [1.807, 2.05) is 12.3 Å². The summed E-state index contributed by atoms with van der Waals surface area (Å²) in [5.41, 5.74) is 2.18. The molecule has 1 aromatic carbocycles. The van der Waals surface area contributed by atoms with Gasteiger partial charge in [0.2, 0.25) is 0 Å². The van der Waals surface area contributed by atoms with Gasteiger partial charge in [0.15, 0.2) is 0 Å². The molecule has 1 fully saturated rings. The molecule has 1 aliphatic rings. The molecule has 0 aliphatic heterocycles. The molecule has 19 heavy (non-hydrogen) atoms. The second-order valence-corrected chi connectivity index (χ2v) is 5.95. The maximum Gasteiger partial charge on any atom is 0.0733 e. The first-order valence-corrected chi connectivity index (χ1v) is 7.39. The molecule has 1 N–H and O–H groups in total. The van der Waals surface area contributed by atoms with E-state index in [0.29, 0.717) is 12.1 Å². The van der Waals surface area contributed by atoms with Crippen LogP contribution in [0.15, 0.2) is 34.9 Å². The Morgan fingerprint density at radius 3 is 3.00 bits per heavy atom. The van der Waals surface area contributed by atoms with E-state index in [-0.39, 0.29) is 0 Å². The summed E-state index contributed by atoms with van der Waals surface area (Å²) in [6, 6.07) is 8.77. The van der Waals surface area contributed by atoms with Crippen molar-refractivity contribution in [2.75, 3.05) is 12.4 Å². The van der Waals surface area contributed by atoms with Gasteiger partial charge in [-0.15, -0.1) is 0 Å². The van der Waals surface area contributed by atoms with Crippen LogP contribution in [0.25, 0.3) is 10.9 Å². The second kappa shape index (κ2) is 5.47. The van der Waals surface area contributed by atoms with Gasteiger partial charge in [0.1, 0.15) is 0 Å². The van der Waals surface area contributed by atoms with Gasteiger partial charge in [-0.25, -0.2) is 0 Å². The van der Waals surface area contributed by atoms with Crippen LogP contribution in [-0.2, 0) is 4.74 Å². The van der Waals surface area contributed by atoms with Gasteiger partial charge in [0.25, 0.3) is 0 Å². The van der Waals surface area contributed by atoms with Crippen molar-refractivity contribution in [3.63, 3.8) is 0 Å². The molecular formula is C15H17BrN2O. The van der Waals surface area contributed by atoms with Crippen LogP contribution in [0.3, 0.4) is 0 Å². The Hall–Kier alpha value is -1.13. The van der Waals surface area contributed by atoms with Crippen molar-refractivity contribution in [2.45, 2.75) is 31.4 Å². The minimum Gasteiger partial charge on any atom is -0.382 e. The van der Waals surface area contributed by atoms with Crippen LogP contribution in [0.1, 0.15) is 19.3 Å². The number of aromatic nitrogens is 1. The largest absolute Gasteiger partial charge is 0.382 e. The predicted molar refractivity (Wildman–Crippen MR) is 81.5 cm³/mol. The van der Waals surface area contributed by atoms with Crippen LogP contribution < -0.4 is 5.32 Å². The van der Waals surface area contributed by atoms with Gasteiger partial charge in [-0.05, 0) is 43.5 Å². The van der Waals surface area contributed by atoms with E-state index in [0.717, 1.165) is 22.8 Å². The van der Waals surface area contributed by atoms with Crippen LogP contribution in [-0.4, -0.2) is 24.2 Å². The molecule has 0 radical (unpaired) electrons. The number of hydrogen-bond acceptors (Lipinski definition) is 3. The Kier molecular flexibility index (Phi) is 3.71. The third-order valence-corrected chi connectivity index (χ3v) is 4.28. The molecule has 100 valence electrons. The van der Waals surface area contributed by atoms with Gasteiger partial charge in [-0.2, -0.15) is 0 Å². The Morgan fingerprint density at radius 1 is 1.32 bits per heavy atom. The predicted octanol–water partition coefficient (Wildman–Crippen LogP) is 3.98. The van der Waals surface area contributed by atoms with E-state index in [4.69, 9.17) is 4.74 Å². The number of hydrogen-bond donors (Lipinski definition) is 1. The number of halogens is 1. The molecule has 1 heterocycles. The van der Waals surface area contributed by atoms with E-state index < -0.39 is 0 Å². The fraction of sp³-hybridized carbons (Fsp3) is 0.400. The molecule has 0 amide bonds. The minimum absolute atomic E-state index is 0.403. The van der Waals surface area contributed by atoms with Gasteiger partial charge in [0.05, 0.1) is 11.6 Å². The standard InChI is InChI=1S/C15H17BrN2O/c1-19-12-4-3-11(9-12)18-14-6-7-17-15-8-10(16)2-5-13(14)15/h2,5-8,11-12H,3-4,9H2,1H3,(H,17,18). The molecule has 0 bridgehead atoms. The molecule has 0 saturated heterocycles. The van der Waals surface area contributed by atoms with Gasteiger partial charge < -0.3 is 10.1 Å². The first-order chi connectivity index (χ1) is 9.26. The third-order valence-electron chi connectivity index (χ3n) is 3.78. The Bertz CT molecular complexity index is 587. The third kappa shape index (κ3) is 2.74. The summed E-state index contributed by atoms with van der Waals surface area (Å²) < 4.78 is 6.48. The van der Waals surface area contributed by atoms with Crippen molar-refractivity contribution >= 4 is 32.5 Å². The van der Waals surface area contributed by atoms with Crippen LogP contribution in [0.5, 0.6) is 0 Å². The lowest BCUT2D eigenvalue weighted by Crippen LogP contribution is -2.17. The normalized spacial score (nSPS) is 22.8. The van der Waals surface area contributed by atoms with E-state index in [1.54, 1.807) is 7.11 Å². The van der Waals surface area contributed by atoms with Gasteiger partial charge in [-0.1, -0.05) is 15.9 Å². The van der Waals surface area contributed by atoms with Crippen molar-refractivity contribution in [1.82, 2.24) is 4.98 Å². The molecule has 3 rings (SSSR count). The summed E-state index contributed by atoms with van der Waals surface area (Å²) in [5, 5.41) is 4.81. The van der Waals surface area contributed by atoms with E-state index in [2.05, 4.69) is 44.4 Å². The minimum atomic E-state index is 0.403. The van der Waals surface area contributed by atoms with Crippen molar-refractivity contribution in [2.24, 2.45) is 0 Å². The number of fused-ring (bicyclic) bond motifs is 1. The average Bonchev–Trinajstić information content (AvgIpc) is 2.86. The summed E-state index contributed by atoms with van der Waals surface area (Å²) in [6.45, 7) is 0. The fourth-order valence-corrected chi connectivity index (χ4v) is 3.10. The molecule has 0 spiro atoms. The van der Waals surface area contributed by atoms with Crippen LogP contribution in [0.4, 0.5) is 5.69 Å². The molecule has 3 nitrogen and oxygen atoms in total. The van der Waals surface area contributed by atoms with Crippen LogP contribution >= 0.6 is 15.9 Å². The maximum atomic E-state index is 5.42. The molecule has 2 unspecified atom stereocenters. The number of nitrogens with zero attached hydrogens (tertiary/aromatic N) is 1. The lowest BCUT2D eigenvalue weighted by molar-refractivity contribution is 0.108. The SMILES string of the molecule is COC1CCC(Nc2ccnc3cc(Br)ccc23)C1. The topological polar surface area (TPSA) is 34.1 Å². The van der Waals surface area contributed by atoms with Gasteiger partial charge in [0, 0.05) is 34.9 Å². The average molecular weight is 321 g/mol. The lowest BCUT2D eigenvalue weighted by Gasteiger charge is -2.16. The Labute approximate surface area is 121 Å². The summed E-state index contributed by atoms with van der Waals surface area (Å²) in [5.74, 6) is 0. The second-order valence-electron chi connectivity index (χ2n) is 5.03. The van der Waals surface area contributed by atoms with Crippen molar-refractivity contribution in [1.29, 1.82) is 0 Å². The number of anilines is 1. The highest BCUT2D eigenvalue weighted by Crippen LogP contribution is 2.29. The summed E-state index contributed by atoms with van der Waals surface area (Å²) >= 11 is 3.49. The number of nitrogens with one attached hydrogen (secondary N) is 1. The number of methoxy groups -OCH3 is 1. The molecule has 4 heteroatoms. The molecule has 1 saturated carbocycles. The van der Waals surface area contributed by atoms with Gasteiger partial charge in [-0.3, -0.25) is 4.98 Å². The van der Waals surface area contributed by atoms with Gasteiger partial charge >= 0.3 is 0 Å². The van der Waals surface area contributed by atoms with E-state index in [9.17, 15) is 0 Å².